The average Bonchev–Trinajstić information content (AvgIpc) is 3.37. The van der Waals surface area contributed by atoms with Gasteiger partial charge in [0, 0.05) is 35.9 Å². The molecule has 3 aromatic carbocycles. The molecule has 10 heteroatoms. The van der Waals surface area contributed by atoms with Crippen LogP contribution in [0.2, 0.25) is 5.02 Å². The van der Waals surface area contributed by atoms with Crippen molar-refractivity contribution in [3.8, 4) is 22.4 Å². The molecule has 1 aliphatic carbocycles. The molecule has 0 saturated carbocycles. The van der Waals surface area contributed by atoms with Gasteiger partial charge < -0.3 is 15.5 Å². The van der Waals surface area contributed by atoms with E-state index in [2.05, 4.69) is 20.5 Å². The zero-order valence-electron chi connectivity index (χ0n) is 25.8. The first-order chi connectivity index (χ1) is 22.7. The molecule has 0 bridgehead atoms. The number of nitrogens with zero attached hydrogens (tertiary/aromatic N) is 2. The monoisotopic (exact) mass is 660 g/mol. The lowest BCUT2D eigenvalue weighted by Crippen LogP contribution is -2.47. The number of rotatable bonds is 10. The number of carbonyl (C=O) groups is 2. The Hall–Kier alpha value is -4.21. The Bertz CT molecular complexity index is 1690. The van der Waals surface area contributed by atoms with Crippen LogP contribution in [0.1, 0.15) is 53.6 Å². The standard InChI is InChI=1S/C37H36ClF3N4O2/c38-26-15-13-25(14-16-26)33-30(10-7-20-42-33)34(46)44-27-17-22-45(23-18-27)21-6-5-19-36(35(47)43-24-37(39,40)41)31-11-3-1-8-28(31)29-9-2-4-12-32(29)36/h1-4,7-16,20,27H,5-6,17-19,21-24H2,(H,43,47)(H,44,46). The molecule has 2 N–H and O–H groups in total. The number of halogens is 4. The Morgan fingerprint density at radius 3 is 2.15 bits per heavy atom. The van der Waals surface area contributed by atoms with E-state index in [1.807, 2.05) is 60.7 Å². The lowest BCUT2D eigenvalue weighted by molar-refractivity contribution is -0.141. The Morgan fingerprint density at radius 1 is 0.872 bits per heavy atom. The third-order valence-corrected chi connectivity index (χ3v) is 9.52. The molecule has 0 atom stereocenters. The van der Waals surface area contributed by atoms with Gasteiger partial charge in [-0.15, -0.1) is 0 Å². The second kappa shape index (κ2) is 13.9. The van der Waals surface area contributed by atoms with E-state index in [9.17, 15) is 22.8 Å². The number of fused-ring (bicyclic) bond motifs is 3. The van der Waals surface area contributed by atoms with Crippen LogP contribution in [0.15, 0.2) is 91.1 Å². The summed E-state index contributed by atoms with van der Waals surface area (Å²) in [6.45, 7) is 1.05. The number of hydrogen-bond donors (Lipinski definition) is 2. The maximum atomic E-state index is 13.7. The van der Waals surface area contributed by atoms with Gasteiger partial charge in [-0.05, 0) is 78.7 Å². The molecule has 4 aromatic rings. The van der Waals surface area contributed by atoms with Gasteiger partial charge in [0.25, 0.3) is 5.91 Å². The molecular formula is C37H36ClF3N4O2. The number of aromatic nitrogens is 1. The van der Waals surface area contributed by atoms with Gasteiger partial charge in [0.15, 0.2) is 0 Å². The Balaban J connectivity index is 1.06. The Kier molecular flexibility index (Phi) is 9.66. The molecule has 2 aliphatic rings. The minimum Gasteiger partial charge on any atom is -0.349 e. The zero-order chi connectivity index (χ0) is 33.0. The molecular weight excluding hydrogens is 625 g/mol. The number of carbonyl (C=O) groups excluding carboxylic acids is 2. The number of benzene rings is 3. The normalized spacial score (nSPS) is 15.9. The fourth-order valence-electron chi connectivity index (χ4n) is 7.00. The van der Waals surface area contributed by atoms with Crippen molar-refractivity contribution in [1.29, 1.82) is 0 Å². The van der Waals surface area contributed by atoms with E-state index >= 15 is 0 Å². The molecule has 2 heterocycles. The van der Waals surface area contributed by atoms with E-state index in [0.29, 0.717) is 29.1 Å². The minimum atomic E-state index is -4.50. The molecule has 1 fully saturated rings. The Morgan fingerprint density at radius 2 is 1.51 bits per heavy atom. The summed E-state index contributed by atoms with van der Waals surface area (Å²) in [6, 6.07) is 25.9. The largest absolute Gasteiger partial charge is 0.405 e. The highest BCUT2D eigenvalue weighted by Crippen LogP contribution is 2.51. The molecule has 1 aromatic heterocycles. The number of unbranched alkanes of at least 4 members (excludes halogenated alkanes) is 1. The number of alkyl halides is 3. The SMILES string of the molecule is O=C(NC1CCN(CCCCC2(C(=O)NCC(F)(F)F)c3ccccc3-c3ccccc32)CC1)c1cccnc1-c1ccc(Cl)cc1. The fraction of sp³-hybridized carbons (Fsp3) is 0.324. The molecule has 6 nitrogen and oxygen atoms in total. The molecule has 2 amide bonds. The second-order valence-corrected chi connectivity index (χ2v) is 12.7. The topological polar surface area (TPSA) is 74.3 Å². The first kappa shape index (κ1) is 32.7. The maximum Gasteiger partial charge on any atom is 0.405 e. The summed E-state index contributed by atoms with van der Waals surface area (Å²) in [5.41, 5.74) is 4.04. The van der Waals surface area contributed by atoms with Crippen LogP contribution in [0.3, 0.4) is 0 Å². The summed E-state index contributed by atoms with van der Waals surface area (Å²) in [6.07, 6.45) is 0.609. The highest BCUT2D eigenvalue weighted by Gasteiger charge is 2.49. The highest BCUT2D eigenvalue weighted by atomic mass is 35.5. The summed E-state index contributed by atoms with van der Waals surface area (Å²) >= 11 is 6.04. The smallest absolute Gasteiger partial charge is 0.349 e. The molecule has 6 rings (SSSR count). The van der Waals surface area contributed by atoms with E-state index in [-0.39, 0.29) is 11.9 Å². The van der Waals surface area contributed by atoms with Crippen molar-refractivity contribution in [2.24, 2.45) is 0 Å². The molecule has 1 aliphatic heterocycles. The van der Waals surface area contributed by atoms with Crippen molar-refractivity contribution in [2.75, 3.05) is 26.2 Å². The predicted molar refractivity (Wildman–Crippen MR) is 177 cm³/mol. The van der Waals surface area contributed by atoms with Crippen molar-refractivity contribution >= 4 is 23.4 Å². The zero-order valence-corrected chi connectivity index (χ0v) is 26.6. The fourth-order valence-corrected chi connectivity index (χ4v) is 7.13. The summed E-state index contributed by atoms with van der Waals surface area (Å²) < 4.78 is 39.5. The van der Waals surface area contributed by atoms with Crippen molar-refractivity contribution < 1.29 is 22.8 Å². The van der Waals surface area contributed by atoms with E-state index in [4.69, 9.17) is 11.6 Å². The van der Waals surface area contributed by atoms with E-state index in [1.54, 1.807) is 30.5 Å². The quantitative estimate of drug-likeness (QED) is 0.174. The van der Waals surface area contributed by atoms with Crippen LogP contribution < -0.4 is 10.6 Å². The van der Waals surface area contributed by atoms with Gasteiger partial charge >= 0.3 is 6.18 Å². The molecule has 0 unspecified atom stereocenters. The van der Waals surface area contributed by atoms with Crippen LogP contribution in [0.25, 0.3) is 22.4 Å². The van der Waals surface area contributed by atoms with Crippen LogP contribution in [-0.4, -0.2) is 60.1 Å². The number of hydrogen-bond acceptors (Lipinski definition) is 4. The number of piperidine rings is 1. The van der Waals surface area contributed by atoms with Gasteiger partial charge in [-0.2, -0.15) is 13.2 Å². The van der Waals surface area contributed by atoms with Crippen LogP contribution in [-0.2, 0) is 10.2 Å². The van der Waals surface area contributed by atoms with Gasteiger partial charge in [0.05, 0.1) is 11.3 Å². The number of nitrogens with one attached hydrogen (secondary N) is 2. The van der Waals surface area contributed by atoms with Gasteiger partial charge in [0.2, 0.25) is 5.91 Å². The first-order valence-corrected chi connectivity index (χ1v) is 16.3. The summed E-state index contributed by atoms with van der Waals surface area (Å²) in [7, 11) is 0. The van der Waals surface area contributed by atoms with Crippen LogP contribution in [0, 0.1) is 0 Å². The molecule has 244 valence electrons. The lowest BCUT2D eigenvalue weighted by atomic mass is 9.73. The van der Waals surface area contributed by atoms with Crippen molar-refractivity contribution in [1.82, 2.24) is 20.5 Å². The predicted octanol–water partition coefficient (Wildman–Crippen LogP) is 7.41. The first-order valence-electron chi connectivity index (χ1n) is 15.9. The number of likely N-dealkylation sites (tertiary alicyclic amines) is 1. The van der Waals surface area contributed by atoms with Crippen LogP contribution in [0.4, 0.5) is 13.2 Å². The minimum absolute atomic E-state index is 0.0316. The van der Waals surface area contributed by atoms with E-state index in [1.165, 1.54) is 0 Å². The highest BCUT2D eigenvalue weighted by molar-refractivity contribution is 6.30. The van der Waals surface area contributed by atoms with Crippen molar-refractivity contribution in [3.05, 3.63) is 113 Å². The maximum absolute atomic E-state index is 13.7. The summed E-state index contributed by atoms with van der Waals surface area (Å²) in [5.74, 6) is -0.774. The van der Waals surface area contributed by atoms with Gasteiger partial charge in [0.1, 0.15) is 12.0 Å². The molecule has 0 spiro atoms. The summed E-state index contributed by atoms with van der Waals surface area (Å²) in [4.78, 5) is 33.8. The van der Waals surface area contributed by atoms with Crippen molar-refractivity contribution in [2.45, 2.75) is 49.7 Å². The van der Waals surface area contributed by atoms with Crippen LogP contribution in [0.5, 0.6) is 0 Å². The third kappa shape index (κ3) is 7.06. The number of amides is 2. The molecule has 47 heavy (non-hydrogen) atoms. The van der Waals surface area contributed by atoms with Crippen molar-refractivity contribution in [3.63, 3.8) is 0 Å². The molecule has 0 radical (unpaired) electrons. The Labute approximate surface area is 277 Å². The molecule has 1 saturated heterocycles. The average molecular weight is 661 g/mol. The summed E-state index contributed by atoms with van der Waals surface area (Å²) in [5, 5.41) is 6.00. The second-order valence-electron chi connectivity index (χ2n) is 12.2. The third-order valence-electron chi connectivity index (χ3n) is 9.27. The van der Waals surface area contributed by atoms with Gasteiger partial charge in [-0.3, -0.25) is 14.6 Å². The number of pyridine rings is 1. The van der Waals surface area contributed by atoms with E-state index < -0.39 is 24.0 Å². The van der Waals surface area contributed by atoms with Gasteiger partial charge in [-0.1, -0.05) is 78.7 Å². The van der Waals surface area contributed by atoms with Crippen LogP contribution >= 0.6 is 11.6 Å². The lowest BCUT2D eigenvalue weighted by Gasteiger charge is -2.33. The van der Waals surface area contributed by atoms with Gasteiger partial charge in [-0.25, -0.2) is 0 Å². The van der Waals surface area contributed by atoms with E-state index in [0.717, 1.165) is 66.7 Å².